The molecule has 0 aromatic carbocycles. The van der Waals surface area contributed by atoms with Gasteiger partial charge in [-0.15, -0.1) is 0 Å². The minimum Gasteiger partial charge on any atom is -0.303 e. The summed E-state index contributed by atoms with van der Waals surface area (Å²) in [4.78, 5) is 10.1. The Morgan fingerprint density at radius 1 is 0.824 bits per heavy atom. The van der Waals surface area contributed by atoms with Gasteiger partial charge in [-0.2, -0.15) is 0 Å². The Labute approximate surface area is 110 Å². The van der Waals surface area contributed by atoms with Crippen molar-refractivity contribution in [2.75, 3.05) is 0 Å². The molecule has 0 aromatic heterocycles. The first-order valence-corrected chi connectivity index (χ1v) is 7.23. The lowest BCUT2D eigenvalue weighted by Gasteiger charge is -1.99. The standard InChI is InChI=1S/C16H30O/c1-2-3-4-5-6-7-8-9-10-11-12-13-14-15-16-17/h5-6,16H,2-4,7-15H2,1H3/b6-5+/i7D2. The highest BCUT2D eigenvalue weighted by molar-refractivity contribution is 5.48. The number of carbonyl (C=O) groups is 1. The van der Waals surface area contributed by atoms with Gasteiger partial charge in [0.05, 0.1) is 0 Å². The number of unbranched alkanes of at least 4 members (excludes halogenated alkanes) is 8. The molecule has 0 atom stereocenters. The second-order valence-corrected chi connectivity index (χ2v) is 4.58. The van der Waals surface area contributed by atoms with Crippen LogP contribution in [0.15, 0.2) is 12.2 Å². The second kappa shape index (κ2) is 15.4. The highest BCUT2D eigenvalue weighted by Gasteiger charge is 1.91. The summed E-state index contributed by atoms with van der Waals surface area (Å²) in [5.74, 6) is 0. The van der Waals surface area contributed by atoms with Gasteiger partial charge in [-0.25, -0.2) is 0 Å². The molecule has 1 nitrogen and oxygen atoms in total. The van der Waals surface area contributed by atoms with E-state index in [1.54, 1.807) is 6.08 Å². The predicted molar refractivity (Wildman–Crippen MR) is 76.3 cm³/mol. The van der Waals surface area contributed by atoms with Crippen molar-refractivity contribution < 1.29 is 7.54 Å². The lowest BCUT2D eigenvalue weighted by Crippen LogP contribution is -1.81. The van der Waals surface area contributed by atoms with Gasteiger partial charge in [-0.05, 0) is 25.6 Å². The Morgan fingerprint density at radius 3 is 2.12 bits per heavy atom. The molecule has 0 spiro atoms. The molecule has 0 aliphatic carbocycles. The van der Waals surface area contributed by atoms with Crippen molar-refractivity contribution in [1.82, 2.24) is 0 Å². The Kier molecular flexibility index (Phi) is 11.7. The van der Waals surface area contributed by atoms with E-state index in [0.29, 0.717) is 12.8 Å². The maximum absolute atomic E-state index is 10.1. The number of hydrogen-bond donors (Lipinski definition) is 0. The van der Waals surface area contributed by atoms with Crippen molar-refractivity contribution in [1.29, 1.82) is 0 Å². The fraction of sp³-hybridized carbons (Fsp3) is 0.812. The molecule has 17 heavy (non-hydrogen) atoms. The third-order valence-electron chi connectivity index (χ3n) is 2.85. The molecule has 0 radical (unpaired) electrons. The zero-order valence-electron chi connectivity index (χ0n) is 13.4. The molecular formula is C16H30O. The van der Waals surface area contributed by atoms with Gasteiger partial charge >= 0.3 is 0 Å². The van der Waals surface area contributed by atoms with Crippen LogP contribution in [0.1, 0.15) is 86.7 Å². The van der Waals surface area contributed by atoms with Gasteiger partial charge in [0.15, 0.2) is 0 Å². The Hall–Kier alpha value is -0.590. The monoisotopic (exact) mass is 240 g/mol. The first-order chi connectivity index (χ1) is 9.12. The molecule has 0 aliphatic heterocycles. The first kappa shape index (κ1) is 12.9. The molecule has 1 heteroatoms. The molecule has 0 aliphatic rings. The van der Waals surface area contributed by atoms with Crippen molar-refractivity contribution in [3.8, 4) is 0 Å². The maximum Gasteiger partial charge on any atom is 0.119 e. The van der Waals surface area contributed by atoms with Crippen LogP contribution in [0.3, 0.4) is 0 Å². The molecule has 0 unspecified atom stereocenters. The topological polar surface area (TPSA) is 17.1 Å². The first-order valence-electron chi connectivity index (χ1n) is 8.23. The van der Waals surface area contributed by atoms with Crippen LogP contribution in [-0.2, 0) is 4.79 Å². The largest absolute Gasteiger partial charge is 0.303 e. The van der Waals surface area contributed by atoms with Crippen molar-refractivity contribution in [2.45, 2.75) is 83.9 Å². The minimum atomic E-state index is -1.13. The molecule has 0 amide bonds. The van der Waals surface area contributed by atoms with Crippen LogP contribution in [0.25, 0.3) is 0 Å². The number of rotatable bonds is 13. The van der Waals surface area contributed by atoms with E-state index in [4.69, 9.17) is 2.74 Å². The Bertz CT molecular complexity index is 237. The highest BCUT2D eigenvalue weighted by atomic mass is 16.1. The summed E-state index contributed by atoms with van der Waals surface area (Å²) in [6.45, 7) is 2.15. The van der Waals surface area contributed by atoms with E-state index in [2.05, 4.69) is 6.92 Å². The van der Waals surface area contributed by atoms with Gasteiger partial charge in [0, 0.05) is 9.16 Å². The van der Waals surface area contributed by atoms with Crippen LogP contribution in [0.5, 0.6) is 0 Å². The molecular weight excluding hydrogens is 208 g/mol. The fourth-order valence-corrected chi connectivity index (χ4v) is 1.73. The van der Waals surface area contributed by atoms with E-state index in [1.165, 1.54) is 6.42 Å². The van der Waals surface area contributed by atoms with Gasteiger partial charge in [-0.3, -0.25) is 0 Å². The predicted octanol–water partition coefficient (Wildman–Crippen LogP) is 5.44. The van der Waals surface area contributed by atoms with Crippen molar-refractivity contribution in [3.05, 3.63) is 12.2 Å². The summed E-state index contributed by atoms with van der Waals surface area (Å²) < 4.78 is 15.7. The smallest absolute Gasteiger partial charge is 0.119 e. The van der Waals surface area contributed by atoms with E-state index in [9.17, 15) is 4.79 Å². The average Bonchev–Trinajstić information content (AvgIpc) is 2.38. The Balaban J connectivity index is 3.47. The summed E-state index contributed by atoms with van der Waals surface area (Å²) in [7, 11) is 0. The summed E-state index contributed by atoms with van der Waals surface area (Å²) in [5.41, 5.74) is 0. The molecule has 100 valence electrons. The number of aldehydes is 1. The van der Waals surface area contributed by atoms with Gasteiger partial charge in [0.1, 0.15) is 6.29 Å². The van der Waals surface area contributed by atoms with Crippen molar-refractivity contribution in [2.24, 2.45) is 0 Å². The van der Waals surface area contributed by atoms with Crippen LogP contribution in [-0.4, -0.2) is 6.29 Å². The van der Waals surface area contributed by atoms with Crippen LogP contribution in [0.2, 0.25) is 0 Å². The lowest BCUT2D eigenvalue weighted by molar-refractivity contribution is -0.107. The van der Waals surface area contributed by atoms with E-state index < -0.39 is 6.37 Å². The quantitative estimate of drug-likeness (QED) is 0.238. The van der Waals surface area contributed by atoms with Crippen molar-refractivity contribution >= 4 is 6.29 Å². The van der Waals surface area contributed by atoms with Crippen LogP contribution in [0.4, 0.5) is 0 Å². The zero-order valence-corrected chi connectivity index (χ0v) is 11.4. The van der Waals surface area contributed by atoms with Crippen molar-refractivity contribution in [3.63, 3.8) is 0 Å². The number of hydrogen-bond acceptors (Lipinski definition) is 1. The highest BCUT2D eigenvalue weighted by Crippen LogP contribution is 2.09. The Morgan fingerprint density at radius 2 is 1.47 bits per heavy atom. The van der Waals surface area contributed by atoms with E-state index >= 15 is 0 Å². The summed E-state index contributed by atoms with van der Waals surface area (Å²) in [6, 6.07) is 0. The van der Waals surface area contributed by atoms with Gasteiger partial charge < -0.3 is 4.79 Å². The fourth-order valence-electron chi connectivity index (χ4n) is 1.73. The van der Waals surface area contributed by atoms with E-state index in [1.807, 2.05) is 6.08 Å². The molecule has 0 saturated heterocycles. The number of allylic oxidation sites excluding steroid dienone is 2. The molecule has 0 heterocycles. The van der Waals surface area contributed by atoms with E-state index in [-0.39, 0.29) is 0 Å². The van der Waals surface area contributed by atoms with E-state index in [0.717, 1.165) is 57.7 Å². The molecule has 0 fully saturated rings. The third kappa shape index (κ3) is 15.4. The SMILES string of the molecule is [2H]C([2H])(/C=C/CCCC)CCCCCCCCC=O. The third-order valence-corrected chi connectivity index (χ3v) is 2.85. The molecule has 0 aromatic rings. The summed E-state index contributed by atoms with van der Waals surface area (Å²) in [6.07, 6.45) is 14.7. The minimum absolute atomic E-state index is 0.629. The molecule has 0 rings (SSSR count). The summed E-state index contributed by atoms with van der Waals surface area (Å²) >= 11 is 0. The maximum atomic E-state index is 10.1. The van der Waals surface area contributed by atoms with Gasteiger partial charge in [0.25, 0.3) is 0 Å². The molecule has 0 bridgehead atoms. The van der Waals surface area contributed by atoms with Gasteiger partial charge in [-0.1, -0.05) is 64.0 Å². The van der Waals surface area contributed by atoms with Crippen LogP contribution in [0, 0.1) is 0 Å². The normalized spacial score (nSPS) is 13.7. The summed E-state index contributed by atoms with van der Waals surface area (Å²) in [5, 5.41) is 0. The number of carbonyl (C=O) groups excluding carboxylic acids is 1. The average molecular weight is 240 g/mol. The van der Waals surface area contributed by atoms with Gasteiger partial charge in [0.2, 0.25) is 0 Å². The zero-order chi connectivity index (χ0) is 14.4. The lowest BCUT2D eigenvalue weighted by atomic mass is 10.1. The van der Waals surface area contributed by atoms with Crippen LogP contribution >= 0.6 is 0 Å². The van der Waals surface area contributed by atoms with Crippen LogP contribution < -0.4 is 0 Å². The molecule has 0 N–H and O–H groups in total. The molecule has 0 saturated carbocycles. The second-order valence-electron chi connectivity index (χ2n) is 4.58.